The van der Waals surface area contributed by atoms with Crippen molar-refractivity contribution in [1.82, 2.24) is 19.9 Å². The number of benzene rings is 1. The van der Waals surface area contributed by atoms with Crippen molar-refractivity contribution in [3.8, 4) is 0 Å². The predicted octanol–water partition coefficient (Wildman–Crippen LogP) is 1.18. The predicted molar refractivity (Wildman–Crippen MR) is 86.9 cm³/mol. The van der Waals surface area contributed by atoms with Crippen LogP contribution in [0.5, 0.6) is 0 Å². The van der Waals surface area contributed by atoms with Crippen LogP contribution in [0.25, 0.3) is 0 Å². The first-order valence-corrected chi connectivity index (χ1v) is 7.56. The van der Waals surface area contributed by atoms with Crippen molar-refractivity contribution >= 4 is 29.6 Å². The molecule has 0 fully saturated rings. The lowest BCUT2D eigenvalue weighted by molar-refractivity contribution is -0.129. The number of nitrogens with zero attached hydrogens (tertiary/aromatic N) is 4. The molecular formula is C14H18N6OS. The molecule has 4 N–H and O–H groups in total. The van der Waals surface area contributed by atoms with Crippen molar-refractivity contribution in [2.24, 2.45) is 0 Å². The average Bonchev–Trinajstić information content (AvgIpc) is 2.46. The van der Waals surface area contributed by atoms with Crippen molar-refractivity contribution in [3.05, 3.63) is 35.9 Å². The highest BCUT2D eigenvalue weighted by Gasteiger charge is 2.20. The van der Waals surface area contributed by atoms with Gasteiger partial charge in [0.05, 0.1) is 5.25 Å². The largest absolute Gasteiger partial charge is 0.368 e. The maximum Gasteiger partial charge on any atom is 0.235 e. The monoisotopic (exact) mass is 318 g/mol. The van der Waals surface area contributed by atoms with Crippen LogP contribution in [-0.4, -0.2) is 38.1 Å². The van der Waals surface area contributed by atoms with Gasteiger partial charge < -0.3 is 16.4 Å². The number of hydrogen-bond donors (Lipinski definition) is 2. The molecule has 8 heteroatoms. The van der Waals surface area contributed by atoms with Crippen molar-refractivity contribution in [3.63, 3.8) is 0 Å². The van der Waals surface area contributed by atoms with Crippen LogP contribution in [0, 0.1) is 0 Å². The summed E-state index contributed by atoms with van der Waals surface area (Å²) in [5.74, 6) is 0.0750. The quantitative estimate of drug-likeness (QED) is 0.796. The van der Waals surface area contributed by atoms with Crippen LogP contribution in [0.2, 0.25) is 0 Å². The van der Waals surface area contributed by atoms with Crippen LogP contribution in [-0.2, 0) is 11.3 Å². The Hall–Kier alpha value is -2.35. The fourth-order valence-corrected chi connectivity index (χ4v) is 2.78. The van der Waals surface area contributed by atoms with E-state index in [2.05, 4.69) is 15.0 Å². The summed E-state index contributed by atoms with van der Waals surface area (Å²) in [6, 6.07) is 9.80. The maximum atomic E-state index is 12.4. The summed E-state index contributed by atoms with van der Waals surface area (Å²) < 4.78 is 0. The molecule has 0 bridgehead atoms. The number of nitrogen functional groups attached to an aromatic ring is 2. The molecule has 22 heavy (non-hydrogen) atoms. The highest BCUT2D eigenvalue weighted by Crippen LogP contribution is 2.22. The Balaban J connectivity index is 1.99. The molecule has 0 unspecified atom stereocenters. The SMILES string of the molecule is C[C@@H](Sc1nc(N)nc(N)n1)C(=O)N(C)Cc1ccccc1. The molecule has 1 aromatic carbocycles. The third-order valence-electron chi connectivity index (χ3n) is 2.92. The molecule has 116 valence electrons. The van der Waals surface area contributed by atoms with Crippen LogP contribution < -0.4 is 11.5 Å². The highest BCUT2D eigenvalue weighted by atomic mass is 32.2. The lowest BCUT2D eigenvalue weighted by Crippen LogP contribution is -2.32. The molecule has 1 atom stereocenters. The first kappa shape index (κ1) is 16.0. The van der Waals surface area contributed by atoms with Crippen LogP contribution >= 0.6 is 11.8 Å². The minimum Gasteiger partial charge on any atom is -0.368 e. The minimum absolute atomic E-state index is 0.0218. The minimum atomic E-state index is -0.352. The molecule has 1 heterocycles. The van der Waals surface area contributed by atoms with Gasteiger partial charge in [-0.1, -0.05) is 42.1 Å². The van der Waals surface area contributed by atoms with E-state index >= 15 is 0 Å². The molecular weight excluding hydrogens is 300 g/mol. The molecule has 0 aliphatic carbocycles. The summed E-state index contributed by atoms with van der Waals surface area (Å²) in [5.41, 5.74) is 12.1. The Morgan fingerprint density at radius 3 is 2.36 bits per heavy atom. The molecule has 7 nitrogen and oxygen atoms in total. The van der Waals surface area contributed by atoms with Crippen LogP contribution in [0.3, 0.4) is 0 Å². The third-order valence-corrected chi connectivity index (χ3v) is 3.87. The van der Waals surface area contributed by atoms with E-state index in [4.69, 9.17) is 11.5 Å². The third kappa shape index (κ3) is 4.32. The Labute approximate surface area is 133 Å². The molecule has 0 aliphatic heterocycles. The van der Waals surface area contributed by atoms with E-state index in [0.29, 0.717) is 11.7 Å². The van der Waals surface area contributed by atoms with Gasteiger partial charge >= 0.3 is 0 Å². The zero-order valence-electron chi connectivity index (χ0n) is 12.4. The number of carbonyl (C=O) groups excluding carboxylic acids is 1. The summed E-state index contributed by atoms with van der Waals surface area (Å²) in [5, 5.41) is -0.00567. The molecule has 0 saturated carbocycles. The second kappa shape index (κ2) is 7.08. The average molecular weight is 318 g/mol. The van der Waals surface area contributed by atoms with E-state index in [0.717, 1.165) is 5.56 Å². The number of anilines is 2. The standard InChI is InChI=1S/C14H18N6OS/c1-9(22-14-18-12(15)17-13(16)19-14)11(21)20(2)8-10-6-4-3-5-7-10/h3-7,9H,8H2,1-2H3,(H4,15,16,17,18,19)/t9-/m1/s1. The summed E-state index contributed by atoms with van der Waals surface area (Å²) in [4.78, 5) is 25.7. The van der Waals surface area contributed by atoms with E-state index in [-0.39, 0.29) is 23.1 Å². The van der Waals surface area contributed by atoms with Gasteiger partial charge in [0.15, 0.2) is 5.16 Å². The highest BCUT2D eigenvalue weighted by molar-refractivity contribution is 8.00. The van der Waals surface area contributed by atoms with Gasteiger partial charge in [0, 0.05) is 13.6 Å². The molecule has 1 aromatic heterocycles. The number of aromatic nitrogens is 3. The van der Waals surface area contributed by atoms with Gasteiger partial charge in [-0.15, -0.1) is 0 Å². The topological polar surface area (TPSA) is 111 Å². The second-order valence-electron chi connectivity index (χ2n) is 4.77. The Morgan fingerprint density at radius 2 is 1.77 bits per heavy atom. The number of thioether (sulfide) groups is 1. The molecule has 0 radical (unpaired) electrons. The Morgan fingerprint density at radius 1 is 1.18 bits per heavy atom. The van der Waals surface area contributed by atoms with Gasteiger partial charge in [-0.3, -0.25) is 4.79 Å². The molecule has 2 aromatic rings. The van der Waals surface area contributed by atoms with Crippen molar-refractivity contribution in [2.45, 2.75) is 23.9 Å². The smallest absolute Gasteiger partial charge is 0.235 e. The molecule has 0 aliphatic rings. The first-order valence-electron chi connectivity index (χ1n) is 6.68. The van der Waals surface area contributed by atoms with E-state index in [9.17, 15) is 4.79 Å². The Kier molecular flexibility index (Phi) is 5.16. The van der Waals surface area contributed by atoms with Gasteiger partial charge in [0.2, 0.25) is 17.8 Å². The van der Waals surface area contributed by atoms with Gasteiger partial charge in [-0.25, -0.2) is 0 Å². The normalized spacial score (nSPS) is 11.9. The molecule has 0 spiro atoms. The van der Waals surface area contributed by atoms with E-state index in [1.54, 1.807) is 18.9 Å². The first-order chi connectivity index (χ1) is 10.5. The zero-order chi connectivity index (χ0) is 16.1. The van der Waals surface area contributed by atoms with Crippen molar-refractivity contribution in [2.75, 3.05) is 18.5 Å². The fraction of sp³-hybridized carbons (Fsp3) is 0.286. The summed E-state index contributed by atoms with van der Waals surface area (Å²) in [7, 11) is 1.77. The summed E-state index contributed by atoms with van der Waals surface area (Å²) >= 11 is 1.21. The van der Waals surface area contributed by atoms with Gasteiger partial charge in [-0.05, 0) is 12.5 Å². The van der Waals surface area contributed by atoms with Gasteiger partial charge in [0.25, 0.3) is 0 Å². The van der Waals surface area contributed by atoms with E-state index in [1.807, 2.05) is 30.3 Å². The molecule has 1 amide bonds. The van der Waals surface area contributed by atoms with Crippen LogP contribution in [0.4, 0.5) is 11.9 Å². The number of amides is 1. The summed E-state index contributed by atoms with van der Waals surface area (Å²) in [6.07, 6.45) is 0. The van der Waals surface area contributed by atoms with E-state index < -0.39 is 0 Å². The number of carbonyl (C=O) groups is 1. The van der Waals surface area contributed by atoms with Crippen molar-refractivity contribution < 1.29 is 4.79 Å². The van der Waals surface area contributed by atoms with Crippen LogP contribution in [0.1, 0.15) is 12.5 Å². The second-order valence-corrected chi connectivity index (χ2v) is 6.08. The molecule has 0 saturated heterocycles. The maximum absolute atomic E-state index is 12.4. The number of hydrogen-bond acceptors (Lipinski definition) is 7. The number of rotatable bonds is 5. The lowest BCUT2D eigenvalue weighted by atomic mass is 10.2. The fourth-order valence-electron chi connectivity index (χ4n) is 1.90. The zero-order valence-corrected chi connectivity index (χ0v) is 13.2. The lowest BCUT2D eigenvalue weighted by Gasteiger charge is -2.20. The van der Waals surface area contributed by atoms with Crippen molar-refractivity contribution in [1.29, 1.82) is 0 Å². The molecule has 2 rings (SSSR count). The van der Waals surface area contributed by atoms with E-state index in [1.165, 1.54) is 11.8 Å². The van der Waals surface area contributed by atoms with Gasteiger partial charge in [0.1, 0.15) is 0 Å². The summed E-state index contributed by atoms with van der Waals surface area (Å²) in [6.45, 7) is 2.34. The van der Waals surface area contributed by atoms with Crippen LogP contribution in [0.15, 0.2) is 35.5 Å². The Bertz CT molecular complexity index is 631. The number of nitrogens with two attached hydrogens (primary N) is 2. The van der Waals surface area contributed by atoms with Gasteiger partial charge in [-0.2, -0.15) is 15.0 Å².